The van der Waals surface area contributed by atoms with Crippen LogP contribution in [0.1, 0.15) is 35.7 Å². The summed E-state index contributed by atoms with van der Waals surface area (Å²) in [6.45, 7) is 8.45. The van der Waals surface area contributed by atoms with Crippen LogP contribution in [-0.4, -0.2) is 19.1 Å². The average Bonchev–Trinajstić information content (AvgIpc) is 2.81. The van der Waals surface area contributed by atoms with Gasteiger partial charge in [-0.05, 0) is 45.9 Å². The Kier molecular flexibility index (Phi) is 5.09. The van der Waals surface area contributed by atoms with Crippen molar-refractivity contribution in [2.24, 2.45) is 0 Å². The Morgan fingerprint density at radius 2 is 1.86 bits per heavy atom. The first kappa shape index (κ1) is 15.9. The van der Waals surface area contributed by atoms with Crippen molar-refractivity contribution in [2.75, 3.05) is 18.5 Å². The molecule has 0 aliphatic rings. The molecule has 0 aliphatic carbocycles. The highest BCUT2D eigenvalue weighted by Gasteiger charge is 2.16. The van der Waals surface area contributed by atoms with E-state index >= 15 is 0 Å². The van der Waals surface area contributed by atoms with E-state index in [0.717, 1.165) is 0 Å². The maximum atomic E-state index is 12.4. The molecule has 1 heterocycles. The van der Waals surface area contributed by atoms with E-state index in [4.69, 9.17) is 13.9 Å². The zero-order chi connectivity index (χ0) is 16.1. The van der Waals surface area contributed by atoms with Gasteiger partial charge >= 0.3 is 0 Å². The lowest BCUT2D eigenvalue weighted by Gasteiger charge is -2.13. The summed E-state index contributed by atoms with van der Waals surface area (Å²) in [6.07, 6.45) is 0. The van der Waals surface area contributed by atoms with E-state index in [0.29, 0.717) is 47.5 Å². The molecule has 0 aliphatic heterocycles. The molecular formula is C17H21NO4. The van der Waals surface area contributed by atoms with Crippen molar-refractivity contribution >= 4 is 11.6 Å². The van der Waals surface area contributed by atoms with Crippen molar-refractivity contribution in [1.82, 2.24) is 0 Å². The highest BCUT2D eigenvalue weighted by atomic mass is 16.5. The van der Waals surface area contributed by atoms with Crippen LogP contribution in [0.2, 0.25) is 0 Å². The van der Waals surface area contributed by atoms with E-state index in [1.54, 1.807) is 25.1 Å². The largest absolute Gasteiger partial charge is 0.494 e. The van der Waals surface area contributed by atoms with Gasteiger partial charge in [-0.1, -0.05) is 0 Å². The summed E-state index contributed by atoms with van der Waals surface area (Å²) >= 11 is 0. The van der Waals surface area contributed by atoms with Crippen molar-refractivity contribution < 1.29 is 18.7 Å². The molecule has 1 N–H and O–H groups in total. The van der Waals surface area contributed by atoms with E-state index in [-0.39, 0.29) is 5.91 Å². The quantitative estimate of drug-likeness (QED) is 0.878. The first-order valence-electron chi connectivity index (χ1n) is 7.33. The van der Waals surface area contributed by atoms with E-state index in [1.165, 1.54) is 0 Å². The molecule has 0 bridgehead atoms. The van der Waals surface area contributed by atoms with Crippen LogP contribution in [-0.2, 0) is 0 Å². The Hall–Kier alpha value is -2.43. The molecule has 5 heteroatoms. The molecule has 0 spiro atoms. The fraction of sp³-hybridized carbons (Fsp3) is 0.353. The summed E-state index contributed by atoms with van der Waals surface area (Å²) in [4.78, 5) is 12.4. The summed E-state index contributed by atoms with van der Waals surface area (Å²) in [6, 6.07) is 7.08. The number of aryl methyl sites for hydroxylation is 2. The molecule has 1 aromatic heterocycles. The maximum absolute atomic E-state index is 12.4. The van der Waals surface area contributed by atoms with Crippen LogP contribution in [0.5, 0.6) is 11.5 Å². The second kappa shape index (κ2) is 7.02. The number of anilines is 1. The summed E-state index contributed by atoms with van der Waals surface area (Å²) in [7, 11) is 0. The summed E-state index contributed by atoms with van der Waals surface area (Å²) in [5, 5.41) is 2.86. The van der Waals surface area contributed by atoms with Crippen LogP contribution in [0, 0.1) is 13.8 Å². The van der Waals surface area contributed by atoms with Gasteiger partial charge in [0.25, 0.3) is 5.91 Å². The third-order valence-electron chi connectivity index (χ3n) is 3.10. The standard InChI is InChI=1S/C17H21NO4/c1-5-20-13-7-8-16(21-6-2)15(10-13)18-17(19)14-9-11(3)22-12(14)4/h7-10H,5-6H2,1-4H3,(H,18,19). The zero-order valence-corrected chi connectivity index (χ0v) is 13.4. The van der Waals surface area contributed by atoms with Gasteiger partial charge in [0.15, 0.2) is 0 Å². The number of carbonyl (C=O) groups excluding carboxylic acids is 1. The minimum Gasteiger partial charge on any atom is -0.494 e. The first-order valence-corrected chi connectivity index (χ1v) is 7.33. The Balaban J connectivity index is 2.27. The third-order valence-corrected chi connectivity index (χ3v) is 3.10. The number of ether oxygens (including phenoxy) is 2. The average molecular weight is 303 g/mol. The third kappa shape index (κ3) is 3.61. The number of nitrogens with one attached hydrogen (secondary N) is 1. The first-order chi connectivity index (χ1) is 10.5. The molecule has 118 valence electrons. The Morgan fingerprint density at radius 3 is 2.45 bits per heavy atom. The highest BCUT2D eigenvalue weighted by Crippen LogP contribution is 2.30. The van der Waals surface area contributed by atoms with Gasteiger partial charge in [0, 0.05) is 6.07 Å². The number of rotatable bonds is 6. The zero-order valence-electron chi connectivity index (χ0n) is 13.4. The second-order valence-corrected chi connectivity index (χ2v) is 4.81. The van der Waals surface area contributed by atoms with E-state index < -0.39 is 0 Å². The van der Waals surface area contributed by atoms with Gasteiger partial charge < -0.3 is 19.2 Å². The lowest BCUT2D eigenvalue weighted by molar-refractivity contribution is 0.102. The van der Waals surface area contributed by atoms with Crippen molar-refractivity contribution in [2.45, 2.75) is 27.7 Å². The molecule has 0 saturated heterocycles. The molecule has 1 amide bonds. The van der Waals surface area contributed by atoms with Crippen molar-refractivity contribution in [1.29, 1.82) is 0 Å². The van der Waals surface area contributed by atoms with Crippen molar-refractivity contribution in [3.05, 3.63) is 41.3 Å². The molecule has 0 unspecified atom stereocenters. The van der Waals surface area contributed by atoms with Crippen molar-refractivity contribution in [3.63, 3.8) is 0 Å². The molecule has 0 atom stereocenters. The summed E-state index contributed by atoms with van der Waals surface area (Å²) in [5.74, 6) is 2.35. The molecule has 0 radical (unpaired) electrons. The predicted molar refractivity (Wildman–Crippen MR) is 84.9 cm³/mol. The molecule has 2 rings (SSSR count). The van der Waals surface area contributed by atoms with E-state index in [9.17, 15) is 4.79 Å². The molecular weight excluding hydrogens is 282 g/mol. The summed E-state index contributed by atoms with van der Waals surface area (Å²) in [5.41, 5.74) is 1.10. The second-order valence-electron chi connectivity index (χ2n) is 4.81. The van der Waals surface area contributed by atoms with Gasteiger partial charge in [-0.25, -0.2) is 0 Å². The fourth-order valence-corrected chi connectivity index (χ4v) is 2.19. The SMILES string of the molecule is CCOc1ccc(OCC)c(NC(=O)c2cc(C)oc2C)c1. The number of carbonyl (C=O) groups is 1. The Labute approximate surface area is 130 Å². The van der Waals surface area contributed by atoms with E-state index in [2.05, 4.69) is 5.32 Å². The van der Waals surface area contributed by atoms with Crippen LogP contribution < -0.4 is 14.8 Å². The molecule has 22 heavy (non-hydrogen) atoms. The van der Waals surface area contributed by atoms with Crippen molar-refractivity contribution in [3.8, 4) is 11.5 Å². The van der Waals surface area contributed by atoms with Crippen LogP contribution in [0.15, 0.2) is 28.7 Å². The molecule has 0 fully saturated rings. The van der Waals surface area contributed by atoms with Gasteiger partial charge in [-0.2, -0.15) is 0 Å². The Morgan fingerprint density at radius 1 is 1.14 bits per heavy atom. The monoisotopic (exact) mass is 303 g/mol. The number of hydrogen-bond donors (Lipinski definition) is 1. The van der Waals surface area contributed by atoms with Gasteiger partial charge in [0.1, 0.15) is 23.0 Å². The Bertz CT molecular complexity index is 661. The van der Waals surface area contributed by atoms with E-state index in [1.807, 2.05) is 26.8 Å². The molecule has 1 aromatic carbocycles. The smallest absolute Gasteiger partial charge is 0.259 e. The molecule has 2 aromatic rings. The normalized spacial score (nSPS) is 10.4. The fourth-order valence-electron chi connectivity index (χ4n) is 2.19. The minimum absolute atomic E-state index is 0.232. The topological polar surface area (TPSA) is 60.7 Å². The van der Waals surface area contributed by atoms with Crippen LogP contribution in [0.25, 0.3) is 0 Å². The molecule has 0 saturated carbocycles. The van der Waals surface area contributed by atoms with Gasteiger partial charge in [0.2, 0.25) is 0 Å². The highest BCUT2D eigenvalue weighted by molar-refractivity contribution is 6.05. The minimum atomic E-state index is -0.232. The molecule has 5 nitrogen and oxygen atoms in total. The number of amides is 1. The lowest BCUT2D eigenvalue weighted by atomic mass is 10.2. The predicted octanol–water partition coefficient (Wildman–Crippen LogP) is 3.95. The van der Waals surface area contributed by atoms with Crippen LogP contribution in [0.4, 0.5) is 5.69 Å². The number of furan rings is 1. The van der Waals surface area contributed by atoms with Gasteiger partial charge in [-0.3, -0.25) is 4.79 Å². The van der Waals surface area contributed by atoms with Crippen LogP contribution in [0.3, 0.4) is 0 Å². The van der Waals surface area contributed by atoms with Gasteiger partial charge in [-0.15, -0.1) is 0 Å². The van der Waals surface area contributed by atoms with Crippen LogP contribution >= 0.6 is 0 Å². The lowest BCUT2D eigenvalue weighted by Crippen LogP contribution is -2.13. The number of benzene rings is 1. The number of hydrogen-bond acceptors (Lipinski definition) is 4. The maximum Gasteiger partial charge on any atom is 0.259 e. The van der Waals surface area contributed by atoms with Gasteiger partial charge in [0.05, 0.1) is 24.5 Å². The summed E-state index contributed by atoms with van der Waals surface area (Å²) < 4.78 is 16.4.